The molecule has 23 heavy (non-hydrogen) atoms. The van der Waals surface area contributed by atoms with Crippen LogP contribution in [-0.2, 0) is 19.5 Å². The third kappa shape index (κ3) is 6.64. The number of hydrogen-bond donors (Lipinski definition) is 2. The fourth-order valence-corrected chi connectivity index (χ4v) is 2.21. The van der Waals surface area contributed by atoms with Gasteiger partial charge in [0.15, 0.2) is 5.96 Å². The average molecular weight is 431 g/mol. The van der Waals surface area contributed by atoms with Crippen molar-refractivity contribution in [2.45, 2.75) is 33.4 Å². The second kappa shape index (κ2) is 10.3. The van der Waals surface area contributed by atoms with Crippen LogP contribution in [0.1, 0.15) is 25.4 Å². The highest BCUT2D eigenvalue weighted by atomic mass is 127. The molecule has 7 heteroatoms. The zero-order valence-corrected chi connectivity index (χ0v) is 16.3. The summed E-state index contributed by atoms with van der Waals surface area (Å²) in [4.78, 5) is 8.62. The minimum Gasteiger partial charge on any atom is -0.469 e. The topological polar surface area (TPSA) is 67.4 Å². The van der Waals surface area contributed by atoms with Gasteiger partial charge in [-0.2, -0.15) is 0 Å². The summed E-state index contributed by atoms with van der Waals surface area (Å²) in [7, 11) is 1.77. The highest BCUT2D eigenvalue weighted by molar-refractivity contribution is 14.0. The lowest BCUT2D eigenvalue weighted by molar-refractivity contribution is 0.502. The molecular weight excluding hydrogens is 405 g/mol. The molecule has 2 aromatic heterocycles. The number of aliphatic imine (C=N–C) groups is 1. The Morgan fingerprint density at radius 1 is 1.39 bits per heavy atom. The molecule has 0 amide bonds. The Kier molecular flexibility index (Phi) is 8.75. The molecule has 0 unspecified atom stereocenters. The number of rotatable bonds is 7. The Bertz CT molecular complexity index is 577. The molecule has 0 aliphatic heterocycles. The van der Waals surface area contributed by atoms with E-state index in [0.29, 0.717) is 12.5 Å². The fourth-order valence-electron chi connectivity index (χ4n) is 2.21. The van der Waals surface area contributed by atoms with E-state index in [4.69, 9.17) is 4.42 Å². The lowest BCUT2D eigenvalue weighted by Gasteiger charge is -2.13. The van der Waals surface area contributed by atoms with E-state index in [9.17, 15) is 0 Å². The summed E-state index contributed by atoms with van der Waals surface area (Å²) in [6.07, 6.45) is 6.38. The summed E-state index contributed by atoms with van der Waals surface area (Å²) in [5.41, 5.74) is 0. The average Bonchev–Trinajstić information content (AvgIpc) is 3.14. The maximum absolute atomic E-state index is 5.31. The second-order valence-electron chi connectivity index (χ2n) is 5.57. The first kappa shape index (κ1) is 19.5. The first-order chi connectivity index (χ1) is 10.7. The number of furan rings is 1. The lowest BCUT2D eigenvalue weighted by atomic mass is 10.2. The van der Waals surface area contributed by atoms with Gasteiger partial charge in [0.1, 0.15) is 11.6 Å². The van der Waals surface area contributed by atoms with E-state index in [1.54, 1.807) is 13.3 Å². The van der Waals surface area contributed by atoms with Crippen LogP contribution >= 0.6 is 24.0 Å². The third-order valence-corrected chi connectivity index (χ3v) is 3.25. The van der Waals surface area contributed by atoms with Crippen LogP contribution in [0.15, 0.2) is 40.2 Å². The van der Waals surface area contributed by atoms with E-state index >= 15 is 0 Å². The molecule has 2 N–H and O–H groups in total. The molecule has 0 bridgehead atoms. The molecule has 0 aliphatic rings. The van der Waals surface area contributed by atoms with Crippen LogP contribution in [0.5, 0.6) is 0 Å². The van der Waals surface area contributed by atoms with E-state index in [1.165, 1.54) is 0 Å². The van der Waals surface area contributed by atoms with Gasteiger partial charge in [0.2, 0.25) is 0 Å². The minimum atomic E-state index is 0. The van der Waals surface area contributed by atoms with Crippen molar-refractivity contribution < 1.29 is 4.42 Å². The molecule has 2 aromatic rings. The molecule has 0 atom stereocenters. The monoisotopic (exact) mass is 431 g/mol. The smallest absolute Gasteiger partial charge is 0.191 e. The van der Waals surface area contributed by atoms with Crippen LogP contribution in [0.3, 0.4) is 0 Å². The van der Waals surface area contributed by atoms with Crippen molar-refractivity contribution in [1.29, 1.82) is 0 Å². The number of halogens is 1. The normalized spacial score (nSPS) is 11.4. The van der Waals surface area contributed by atoms with Crippen molar-refractivity contribution in [1.82, 2.24) is 20.2 Å². The van der Waals surface area contributed by atoms with Crippen molar-refractivity contribution in [3.8, 4) is 0 Å². The van der Waals surface area contributed by atoms with Gasteiger partial charge in [0.05, 0.1) is 12.8 Å². The molecule has 0 aromatic carbocycles. The minimum absolute atomic E-state index is 0. The summed E-state index contributed by atoms with van der Waals surface area (Å²) in [6, 6.07) is 3.87. The van der Waals surface area contributed by atoms with E-state index in [2.05, 4.69) is 39.0 Å². The van der Waals surface area contributed by atoms with Gasteiger partial charge < -0.3 is 19.6 Å². The maximum Gasteiger partial charge on any atom is 0.191 e. The molecule has 0 saturated carbocycles. The van der Waals surface area contributed by atoms with E-state index in [-0.39, 0.29) is 24.0 Å². The Hall–Kier alpha value is -1.51. The quantitative estimate of drug-likeness (QED) is 0.402. The number of guanidine groups is 1. The number of hydrogen-bond acceptors (Lipinski definition) is 3. The summed E-state index contributed by atoms with van der Waals surface area (Å²) >= 11 is 0. The molecule has 2 heterocycles. The van der Waals surface area contributed by atoms with Crippen LogP contribution in [0.2, 0.25) is 0 Å². The largest absolute Gasteiger partial charge is 0.469 e. The Morgan fingerprint density at radius 3 is 2.87 bits per heavy atom. The Labute approximate surface area is 154 Å². The first-order valence-corrected chi connectivity index (χ1v) is 7.66. The highest BCUT2D eigenvalue weighted by Gasteiger charge is 2.06. The second-order valence-corrected chi connectivity index (χ2v) is 5.57. The summed E-state index contributed by atoms with van der Waals surface area (Å²) in [5.74, 6) is 3.35. The zero-order chi connectivity index (χ0) is 15.8. The number of aromatic nitrogens is 2. The predicted molar refractivity (Wildman–Crippen MR) is 103 cm³/mol. The van der Waals surface area contributed by atoms with Crippen molar-refractivity contribution in [3.05, 3.63) is 42.4 Å². The van der Waals surface area contributed by atoms with Gasteiger partial charge in [-0.05, 0) is 18.1 Å². The molecule has 0 radical (unpaired) electrons. The zero-order valence-electron chi connectivity index (χ0n) is 14.0. The van der Waals surface area contributed by atoms with E-state index in [0.717, 1.165) is 37.1 Å². The molecule has 0 fully saturated rings. The van der Waals surface area contributed by atoms with Gasteiger partial charge in [-0.3, -0.25) is 4.99 Å². The van der Waals surface area contributed by atoms with Crippen molar-refractivity contribution >= 4 is 29.9 Å². The van der Waals surface area contributed by atoms with Crippen LogP contribution in [0.25, 0.3) is 0 Å². The van der Waals surface area contributed by atoms with Crippen LogP contribution in [0, 0.1) is 5.92 Å². The highest BCUT2D eigenvalue weighted by Crippen LogP contribution is 2.03. The van der Waals surface area contributed by atoms with Gasteiger partial charge in [-0.1, -0.05) is 13.8 Å². The predicted octanol–water partition coefficient (Wildman–Crippen LogP) is 2.66. The van der Waals surface area contributed by atoms with Gasteiger partial charge in [0, 0.05) is 39.0 Å². The first-order valence-electron chi connectivity index (χ1n) is 7.66. The molecule has 2 rings (SSSR count). The van der Waals surface area contributed by atoms with E-state index in [1.807, 2.05) is 24.5 Å². The summed E-state index contributed by atoms with van der Waals surface area (Å²) in [5, 5.41) is 6.56. The number of nitrogens with zero attached hydrogens (tertiary/aromatic N) is 3. The molecule has 0 aliphatic carbocycles. The third-order valence-electron chi connectivity index (χ3n) is 3.25. The van der Waals surface area contributed by atoms with Crippen LogP contribution < -0.4 is 10.6 Å². The summed E-state index contributed by atoms with van der Waals surface area (Å²) < 4.78 is 7.48. The van der Waals surface area contributed by atoms with E-state index < -0.39 is 0 Å². The number of imidazole rings is 1. The van der Waals surface area contributed by atoms with Crippen LogP contribution in [0.4, 0.5) is 0 Å². The Balaban J connectivity index is 0.00000264. The van der Waals surface area contributed by atoms with Gasteiger partial charge in [-0.15, -0.1) is 24.0 Å². The molecule has 6 nitrogen and oxygen atoms in total. The molecule has 128 valence electrons. The van der Waals surface area contributed by atoms with Gasteiger partial charge >= 0.3 is 0 Å². The van der Waals surface area contributed by atoms with Crippen molar-refractivity contribution in [3.63, 3.8) is 0 Å². The molecule has 0 spiro atoms. The standard InChI is InChI=1S/C16H25N5O.HI/c1-13(2)12-21-9-8-18-15(21)11-20-16(17-3)19-7-6-14-5-4-10-22-14;/h4-5,8-10,13H,6-7,11-12H2,1-3H3,(H2,17,19,20);1H. The maximum atomic E-state index is 5.31. The number of nitrogens with one attached hydrogen (secondary N) is 2. The lowest BCUT2D eigenvalue weighted by Crippen LogP contribution is -2.38. The van der Waals surface area contributed by atoms with Crippen molar-refractivity contribution in [2.24, 2.45) is 10.9 Å². The fraction of sp³-hybridized carbons (Fsp3) is 0.500. The SMILES string of the molecule is CN=C(NCCc1ccco1)NCc1nccn1CC(C)C.I. The molecular formula is C16H26IN5O. The molecule has 0 saturated heterocycles. The van der Waals surface area contributed by atoms with Crippen LogP contribution in [-0.4, -0.2) is 29.1 Å². The van der Waals surface area contributed by atoms with Gasteiger partial charge in [-0.25, -0.2) is 4.98 Å². The van der Waals surface area contributed by atoms with Crippen molar-refractivity contribution in [2.75, 3.05) is 13.6 Å². The Morgan fingerprint density at radius 2 is 2.22 bits per heavy atom. The summed E-state index contributed by atoms with van der Waals surface area (Å²) in [6.45, 7) is 6.80. The van der Waals surface area contributed by atoms with Gasteiger partial charge in [0.25, 0.3) is 0 Å².